The van der Waals surface area contributed by atoms with Gasteiger partial charge in [0.25, 0.3) is 0 Å². The molecule has 1 aromatic carbocycles. The van der Waals surface area contributed by atoms with Crippen LogP contribution in [-0.2, 0) is 11.3 Å². The molecule has 0 unspecified atom stereocenters. The fourth-order valence-corrected chi connectivity index (χ4v) is 1.50. The van der Waals surface area contributed by atoms with Crippen molar-refractivity contribution in [3.8, 4) is 0 Å². The van der Waals surface area contributed by atoms with E-state index in [9.17, 15) is 4.79 Å². The number of benzene rings is 1. The third kappa shape index (κ3) is 4.96. The molecule has 0 aliphatic rings. The van der Waals surface area contributed by atoms with Crippen LogP contribution in [0.15, 0.2) is 28.7 Å². The van der Waals surface area contributed by atoms with Gasteiger partial charge < -0.3 is 10.2 Å². The first-order valence-electron chi connectivity index (χ1n) is 4.76. The number of amides is 1. The minimum absolute atomic E-state index is 0. The molecular formula is C11H16BrClN2O. The van der Waals surface area contributed by atoms with Crippen LogP contribution in [0.2, 0.25) is 0 Å². The zero-order valence-corrected chi connectivity index (χ0v) is 11.8. The molecule has 0 bridgehead atoms. The van der Waals surface area contributed by atoms with Crippen molar-refractivity contribution in [2.24, 2.45) is 0 Å². The van der Waals surface area contributed by atoms with Gasteiger partial charge in [0.05, 0.1) is 6.54 Å². The second kappa shape index (κ2) is 7.65. The summed E-state index contributed by atoms with van der Waals surface area (Å²) in [5.74, 6) is 0.0976. The maximum atomic E-state index is 11.5. The van der Waals surface area contributed by atoms with Crippen molar-refractivity contribution in [3.63, 3.8) is 0 Å². The van der Waals surface area contributed by atoms with Crippen molar-refractivity contribution in [3.05, 3.63) is 34.3 Å². The number of nitrogens with zero attached hydrogens (tertiary/aromatic N) is 1. The molecule has 0 fully saturated rings. The Hall–Kier alpha value is -0.580. The van der Waals surface area contributed by atoms with Crippen LogP contribution in [0.1, 0.15) is 5.56 Å². The second-order valence-corrected chi connectivity index (χ2v) is 4.32. The molecule has 0 aromatic heterocycles. The quantitative estimate of drug-likeness (QED) is 0.923. The number of carbonyl (C=O) groups is 1. The summed E-state index contributed by atoms with van der Waals surface area (Å²) in [6.07, 6.45) is 0. The van der Waals surface area contributed by atoms with Gasteiger partial charge in [-0.05, 0) is 24.7 Å². The van der Waals surface area contributed by atoms with Crippen LogP contribution in [0, 0.1) is 0 Å². The zero-order chi connectivity index (χ0) is 11.3. The molecule has 90 valence electrons. The lowest BCUT2D eigenvalue weighted by molar-refractivity contribution is -0.129. The van der Waals surface area contributed by atoms with Crippen LogP contribution in [0.5, 0.6) is 0 Å². The molecule has 0 aliphatic carbocycles. The van der Waals surface area contributed by atoms with E-state index in [-0.39, 0.29) is 18.3 Å². The van der Waals surface area contributed by atoms with Gasteiger partial charge in [0.2, 0.25) is 5.91 Å². The van der Waals surface area contributed by atoms with E-state index in [1.807, 2.05) is 31.3 Å². The van der Waals surface area contributed by atoms with Crippen molar-refractivity contribution in [1.29, 1.82) is 0 Å². The molecule has 16 heavy (non-hydrogen) atoms. The first-order chi connectivity index (χ1) is 7.13. The Morgan fingerprint density at radius 3 is 2.44 bits per heavy atom. The highest BCUT2D eigenvalue weighted by Crippen LogP contribution is 2.11. The molecule has 1 amide bonds. The van der Waals surface area contributed by atoms with Gasteiger partial charge in [0.1, 0.15) is 0 Å². The van der Waals surface area contributed by atoms with E-state index in [0.717, 1.165) is 10.0 Å². The highest BCUT2D eigenvalue weighted by atomic mass is 79.9. The molecule has 1 aromatic rings. The van der Waals surface area contributed by atoms with Gasteiger partial charge in [-0.1, -0.05) is 28.1 Å². The summed E-state index contributed by atoms with van der Waals surface area (Å²) in [5, 5.41) is 2.84. The van der Waals surface area contributed by atoms with Crippen molar-refractivity contribution in [1.82, 2.24) is 10.2 Å². The van der Waals surface area contributed by atoms with Crippen LogP contribution in [0.25, 0.3) is 0 Å². The minimum atomic E-state index is 0. The third-order valence-electron chi connectivity index (χ3n) is 2.09. The number of carbonyl (C=O) groups excluding carboxylic acids is 1. The van der Waals surface area contributed by atoms with Crippen LogP contribution in [0.3, 0.4) is 0 Å². The molecule has 1 N–H and O–H groups in total. The Morgan fingerprint density at radius 2 is 1.94 bits per heavy atom. The van der Waals surface area contributed by atoms with Gasteiger partial charge in [-0.3, -0.25) is 4.79 Å². The Kier molecular flexibility index (Phi) is 7.38. The van der Waals surface area contributed by atoms with Crippen molar-refractivity contribution >= 4 is 34.2 Å². The molecule has 0 heterocycles. The zero-order valence-electron chi connectivity index (χ0n) is 9.37. The molecule has 0 saturated heterocycles. The Morgan fingerprint density at radius 1 is 1.38 bits per heavy atom. The minimum Gasteiger partial charge on any atom is -0.340 e. The first-order valence-corrected chi connectivity index (χ1v) is 5.56. The summed E-state index contributed by atoms with van der Waals surface area (Å²) in [7, 11) is 3.58. The van der Waals surface area contributed by atoms with Gasteiger partial charge in [0.15, 0.2) is 0 Å². The van der Waals surface area contributed by atoms with E-state index in [2.05, 4.69) is 21.2 Å². The monoisotopic (exact) mass is 306 g/mol. The molecule has 3 nitrogen and oxygen atoms in total. The lowest BCUT2D eigenvalue weighted by atomic mass is 10.2. The van der Waals surface area contributed by atoms with Gasteiger partial charge in [-0.2, -0.15) is 0 Å². The third-order valence-corrected chi connectivity index (χ3v) is 2.62. The molecule has 0 radical (unpaired) electrons. The van der Waals surface area contributed by atoms with Crippen molar-refractivity contribution in [2.75, 3.05) is 20.6 Å². The van der Waals surface area contributed by atoms with Crippen molar-refractivity contribution in [2.45, 2.75) is 6.54 Å². The lowest BCUT2D eigenvalue weighted by Gasteiger charge is -2.16. The fourth-order valence-electron chi connectivity index (χ4n) is 1.24. The molecule has 1 rings (SSSR count). The highest BCUT2D eigenvalue weighted by molar-refractivity contribution is 9.10. The van der Waals surface area contributed by atoms with Gasteiger partial charge in [-0.25, -0.2) is 0 Å². The van der Waals surface area contributed by atoms with E-state index in [1.54, 1.807) is 11.9 Å². The standard InChI is InChI=1S/C11H15BrN2O.ClH/c1-13-7-11(15)14(2)8-9-3-5-10(12)6-4-9;/h3-6,13H,7-8H2,1-2H3;1H. The number of nitrogens with one attached hydrogen (secondary N) is 1. The molecule has 5 heteroatoms. The number of likely N-dealkylation sites (N-methyl/N-ethyl adjacent to an activating group) is 2. The van der Waals surface area contributed by atoms with Gasteiger partial charge >= 0.3 is 0 Å². The van der Waals surface area contributed by atoms with Crippen LogP contribution in [-0.4, -0.2) is 31.4 Å². The van der Waals surface area contributed by atoms with E-state index in [1.165, 1.54) is 0 Å². The summed E-state index contributed by atoms with van der Waals surface area (Å²) >= 11 is 3.37. The molecule has 0 saturated carbocycles. The number of hydrogen-bond acceptors (Lipinski definition) is 2. The van der Waals surface area contributed by atoms with Gasteiger partial charge in [-0.15, -0.1) is 12.4 Å². The topological polar surface area (TPSA) is 32.3 Å². The summed E-state index contributed by atoms with van der Waals surface area (Å²) < 4.78 is 1.05. The summed E-state index contributed by atoms with van der Waals surface area (Å²) in [6.45, 7) is 1.03. The number of hydrogen-bond donors (Lipinski definition) is 1. The average Bonchev–Trinajstić information content (AvgIpc) is 2.22. The fraction of sp³-hybridized carbons (Fsp3) is 0.364. The predicted molar refractivity (Wildman–Crippen MR) is 71.8 cm³/mol. The largest absolute Gasteiger partial charge is 0.340 e. The van der Waals surface area contributed by atoms with E-state index < -0.39 is 0 Å². The summed E-state index contributed by atoms with van der Waals surface area (Å²) in [6, 6.07) is 7.97. The normalized spacial score (nSPS) is 9.44. The highest BCUT2D eigenvalue weighted by Gasteiger charge is 2.07. The summed E-state index contributed by atoms with van der Waals surface area (Å²) in [5.41, 5.74) is 1.13. The van der Waals surface area contributed by atoms with E-state index in [0.29, 0.717) is 13.1 Å². The SMILES string of the molecule is CNCC(=O)N(C)Cc1ccc(Br)cc1.Cl. The molecular weight excluding hydrogens is 291 g/mol. The second-order valence-electron chi connectivity index (χ2n) is 3.41. The first kappa shape index (κ1) is 15.4. The lowest BCUT2D eigenvalue weighted by Crippen LogP contribution is -2.33. The maximum absolute atomic E-state index is 11.5. The molecule has 0 aliphatic heterocycles. The van der Waals surface area contributed by atoms with Crippen LogP contribution >= 0.6 is 28.3 Å². The van der Waals surface area contributed by atoms with Gasteiger partial charge in [0, 0.05) is 18.1 Å². The van der Waals surface area contributed by atoms with E-state index >= 15 is 0 Å². The van der Waals surface area contributed by atoms with Crippen LogP contribution in [0.4, 0.5) is 0 Å². The predicted octanol–water partition coefficient (Wildman–Crippen LogP) is 2.05. The summed E-state index contributed by atoms with van der Waals surface area (Å²) in [4.78, 5) is 13.2. The Balaban J connectivity index is 0.00000225. The number of halogens is 2. The molecule has 0 atom stereocenters. The average molecular weight is 308 g/mol. The smallest absolute Gasteiger partial charge is 0.236 e. The van der Waals surface area contributed by atoms with Crippen LogP contribution < -0.4 is 5.32 Å². The molecule has 0 spiro atoms. The van der Waals surface area contributed by atoms with E-state index in [4.69, 9.17) is 0 Å². The van der Waals surface area contributed by atoms with Crippen molar-refractivity contribution < 1.29 is 4.79 Å². The Bertz CT molecular complexity index is 329. The Labute approximate surface area is 111 Å². The maximum Gasteiger partial charge on any atom is 0.236 e. The number of rotatable bonds is 4.